The summed E-state index contributed by atoms with van der Waals surface area (Å²) in [6.45, 7) is 9.89. The normalized spacial score (nSPS) is 23.0. The van der Waals surface area contributed by atoms with Gasteiger partial charge in [0.2, 0.25) is 0 Å². The second-order valence-corrected chi connectivity index (χ2v) is 8.11. The van der Waals surface area contributed by atoms with E-state index in [2.05, 4.69) is 76.2 Å². The Morgan fingerprint density at radius 1 is 0.619 bits per heavy atom. The maximum absolute atomic E-state index is 2.47. The van der Waals surface area contributed by atoms with Crippen molar-refractivity contribution in [3.05, 3.63) is 59.7 Å². The molecular formula is C21H24. The molecule has 0 heterocycles. The molecule has 0 heteroatoms. The van der Waals surface area contributed by atoms with Gasteiger partial charge in [-0.25, -0.2) is 0 Å². The minimum Gasteiger partial charge on any atom is -0.0619 e. The van der Waals surface area contributed by atoms with Crippen LogP contribution in [0.3, 0.4) is 0 Å². The molecule has 0 aliphatic heterocycles. The Morgan fingerprint density at radius 2 is 1.00 bits per heavy atom. The Kier molecular flexibility index (Phi) is 2.37. The second-order valence-electron chi connectivity index (χ2n) is 8.11. The third kappa shape index (κ3) is 1.32. The molecule has 2 aliphatic carbocycles. The van der Waals surface area contributed by atoms with Gasteiger partial charge in [0, 0.05) is 5.41 Å². The summed E-state index contributed by atoms with van der Waals surface area (Å²) in [5.41, 5.74) is 6.75. The van der Waals surface area contributed by atoms with E-state index in [1.807, 2.05) is 0 Å². The molecule has 2 aliphatic rings. The lowest BCUT2D eigenvalue weighted by molar-refractivity contribution is 0.150. The van der Waals surface area contributed by atoms with Crippen molar-refractivity contribution >= 4 is 0 Å². The Bertz CT molecular complexity index is 655. The first-order valence-electron chi connectivity index (χ1n) is 8.11. The lowest BCUT2D eigenvalue weighted by atomic mass is 9.54. The molecule has 0 N–H and O–H groups in total. The smallest absolute Gasteiger partial charge is 0.0317 e. The van der Waals surface area contributed by atoms with Crippen LogP contribution < -0.4 is 0 Å². The molecule has 0 unspecified atom stereocenters. The van der Waals surface area contributed by atoms with Crippen LogP contribution in [0, 0.1) is 10.8 Å². The Hall–Kier alpha value is -1.56. The van der Waals surface area contributed by atoms with Gasteiger partial charge in [0.05, 0.1) is 0 Å². The molecule has 4 rings (SSSR count). The van der Waals surface area contributed by atoms with Crippen molar-refractivity contribution in [1.82, 2.24) is 0 Å². The maximum Gasteiger partial charge on any atom is 0.0317 e. The molecule has 0 bridgehead atoms. The third-order valence-electron chi connectivity index (χ3n) is 6.36. The van der Waals surface area contributed by atoms with E-state index in [0.29, 0.717) is 10.8 Å². The Morgan fingerprint density at radius 3 is 1.43 bits per heavy atom. The molecule has 2 aromatic rings. The number of benzene rings is 2. The van der Waals surface area contributed by atoms with Gasteiger partial charge in [0.25, 0.3) is 0 Å². The Labute approximate surface area is 128 Å². The summed E-state index contributed by atoms with van der Waals surface area (Å²) in [6, 6.07) is 18.2. The fourth-order valence-electron chi connectivity index (χ4n) is 5.61. The van der Waals surface area contributed by atoms with Gasteiger partial charge in [-0.1, -0.05) is 76.2 Å². The summed E-state index contributed by atoms with van der Waals surface area (Å²) in [4.78, 5) is 0. The molecule has 0 aromatic heterocycles. The molecule has 0 nitrogen and oxygen atoms in total. The molecule has 0 amide bonds. The fourth-order valence-corrected chi connectivity index (χ4v) is 5.61. The number of hydrogen-bond acceptors (Lipinski definition) is 0. The largest absolute Gasteiger partial charge is 0.0619 e. The highest BCUT2D eigenvalue weighted by Crippen LogP contribution is 2.71. The molecule has 0 atom stereocenters. The van der Waals surface area contributed by atoms with Crippen molar-refractivity contribution in [3.63, 3.8) is 0 Å². The lowest BCUT2D eigenvalue weighted by Gasteiger charge is -2.49. The summed E-state index contributed by atoms with van der Waals surface area (Å²) in [5, 5.41) is 0. The van der Waals surface area contributed by atoms with Gasteiger partial charge in [-0.15, -0.1) is 0 Å². The van der Waals surface area contributed by atoms with Crippen LogP contribution in [0.1, 0.15) is 51.7 Å². The van der Waals surface area contributed by atoms with Gasteiger partial charge in [0.1, 0.15) is 0 Å². The molecule has 0 saturated heterocycles. The van der Waals surface area contributed by atoms with E-state index in [4.69, 9.17) is 0 Å². The first kappa shape index (κ1) is 13.1. The SMILES string of the molecule is CC1(C)CCC(C)(C)C12c1ccccc1-c1ccccc12. The Balaban J connectivity index is 2.19. The number of hydrogen-bond donors (Lipinski definition) is 0. The highest BCUT2D eigenvalue weighted by atomic mass is 14.7. The van der Waals surface area contributed by atoms with Crippen molar-refractivity contribution in [2.24, 2.45) is 10.8 Å². The minimum absolute atomic E-state index is 0.146. The highest BCUT2D eigenvalue weighted by Gasteiger charge is 2.64. The molecule has 1 spiro atoms. The zero-order chi connectivity index (χ0) is 14.9. The molecule has 1 saturated carbocycles. The van der Waals surface area contributed by atoms with E-state index in [9.17, 15) is 0 Å². The summed E-state index contributed by atoms with van der Waals surface area (Å²) >= 11 is 0. The van der Waals surface area contributed by atoms with Crippen LogP contribution >= 0.6 is 0 Å². The predicted octanol–water partition coefficient (Wildman–Crippen LogP) is 5.80. The number of rotatable bonds is 0. The van der Waals surface area contributed by atoms with Crippen molar-refractivity contribution in [3.8, 4) is 11.1 Å². The molecule has 2 aromatic carbocycles. The minimum atomic E-state index is 0.146. The topological polar surface area (TPSA) is 0 Å². The zero-order valence-electron chi connectivity index (χ0n) is 13.5. The summed E-state index contributed by atoms with van der Waals surface area (Å²) in [5.74, 6) is 0. The fraction of sp³-hybridized carbons (Fsp3) is 0.429. The summed E-state index contributed by atoms with van der Waals surface area (Å²) < 4.78 is 0. The summed E-state index contributed by atoms with van der Waals surface area (Å²) in [7, 11) is 0. The van der Waals surface area contributed by atoms with Crippen molar-refractivity contribution in [2.75, 3.05) is 0 Å². The van der Waals surface area contributed by atoms with Crippen molar-refractivity contribution in [1.29, 1.82) is 0 Å². The van der Waals surface area contributed by atoms with E-state index in [0.717, 1.165) is 0 Å². The van der Waals surface area contributed by atoms with Gasteiger partial charge in [0.15, 0.2) is 0 Å². The van der Waals surface area contributed by atoms with Crippen LogP contribution in [0.25, 0.3) is 11.1 Å². The van der Waals surface area contributed by atoms with Gasteiger partial charge >= 0.3 is 0 Å². The second kappa shape index (κ2) is 3.80. The molecule has 108 valence electrons. The van der Waals surface area contributed by atoms with Crippen LogP contribution in [0.15, 0.2) is 48.5 Å². The molecule has 21 heavy (non-hydrogen) atoms. The number of fused-ring (bicyclic) bond motifs is 5. The van der Waals surface area contributed by atoms with Crippen LogP contribution in [0.2, 0.25) is 0 Å². The van der Waals surface area contributed by atoms with Crippen molar-refractivity contribution in [2.45, 2.75) is 46.0 Å². The van der Waals surface area contributed by atoms with E-state index in [1.54, 1.807) is 11.1 Å². The van der Waals surface area contributed by atoms with Crippen molar-refractivity contribution < 1.29 is 0 Å². The van der Waals surface area contributed by atoms with Crippen LogP contribution in [-0.4, -0.2) is 0 Å². The molecular weight excluding hydrogens is 252 g/mol. The third-order valence-corrected chi connectivity index (χ3v) is 6.36. The van der Waals surface area contributed by atoms with Crippen LogP contribution in [-0.2, 0) is 5.41 Å². The average Bonchev–Trinajstić information content (AvgIpc) is 2.87. The quantitative estimate of drug-likeness (QED) is 0.570. The zero-order valence-corrected chi connectivity index (χ0v) is 13.5. The summed E-state index contributed by atoms with van der Waals surface area (Å²) in [6.07, 6.45) is 2.59. The van der Waals surface area contributed by atoms with Gasteiger partial charge in [-0.2, -0.15) is 0 Å². The van der Waals surface area contributed by atoms with Gasteiger partial charge in [-0.3, -0.25) is 0 Å². The highest BCUT2D eigenvalue weighted by molar-refractivity contribution is 5.82. The standard InChI is InChI=1S/C21H24/c1-19(2)13-14-20(3,4)21(19)17-11-7-5-9-15(17)16-10-6-8-12-18(16)21/h5-12H,13-14H2,1-4H3. The van der Waals surface area contributed by atoms with Crippen LogP contribution in [0.5, 0.6) is 0 Å². The monoisotopic (exact) mass is 276 g/mol. The first-order valence-corrected chi connectivity index (χ1v) is 8.11. The van der Waals surface area contributed by atoms with E-state index < -0.39 is 0 Å². The van der Waals surface area contributed by atoms with Crippen LogP contribution in [0.4, 0.5) is 0 Å². The van der Waals surface area contributed by atoms with Gasteiger partial charge < -0.3 is 0 Å². The predicted molar refractivity (Wildman–Crippen MR) is 89.5 cm³/mol. The average molecular weight is 276 g/mol. The molecule has 1 fully saturated rings. The maximum atomic E-state index is 2.47. The molecule has 0 radical (unpaired) electrons. The van der Waals surface area contributed by atoms with E-state index in [1.165, 1.54) is 24.0 Å². The lowest BCUT2D eigenvalue weighted by Crippen LogP contribution is -2.46. The van der Waals surface area contributed by atoms with Gasteiger partial charge in [-0.05, 0) is 45.9 Å². The first-order chi connectivity index (χ1) is 9.92. The van der Waals surface area contributed by atoms with E-state index >= 15 is 0 Å². The van der Waals surface area contributed by atoms with E-state index in [-0.39, 0.29) is 5.41 Å².